The van der Waals surface area contributed by atoms with Crippen LogP contribution in [-0.2, 0) is 17.8 Å². The molecule has 1 aromatic heterocycles. The minimum absolute atomic E-state index is 0.129. The highest BCUT2D eigenvalue weighted by molar-refractivity contribution is 7.78. The normalized spacial score (nSPS) is 20.0. The van der Waals surface area contributed by atoms with Gasteiger partial charge in [-0.05, 0) is 53.5 Å². The second-order valence-electron chi connectivity index (χ2n) is 9.48. The largest absolute Gasteiger partial charge is 0.493 e. The van der Waals surface area contributed by atoms with Crippen molar-refractivity contribution in [2.45, 2.75) is 31.2 Å². The standard InChI is InChI=1S/C29H29N3O6S/c1-33-22-7-6-19-20(26(22)34-2)14-36-27(19)25-24-17(11-23-28(29(24)35-3)38-16-37-23)8-10-32(25)21(13-31-15-39)18-5-4-9-30-12-18/h4-7,9,11-12,21,25,27H,8,10,13-14,16H2,1-3H3/t21?,25-,27+/m1/s1. The van der Waals surface area contributed by atoms with Crippen LogP contribution in [0.2, 0.25) is 0 Å². The first-order chi connectivity index (χ1) is 19.2. The molecule has 3 aromatic rings. The molecular weight excluding hydrogens is 518 g/mol. The second kappa shape index (κ2) is 10.8. The van der Waals surface area contributed by atoms with E-state index in [-0.39, 0.29) is 25.0 Å². The molecule has 10 heteroatoms. The molecule has 0 saturated carbocycles. The van der Waals surface area contributed by atoms with E-state index in [0.717, 1.165) is 40.8 Å². The van der Waals surface area contributed by atoms with Crippen LogP contribution in [0.4, 0.5) is 0 Å². The fourth-order valence-corrected chi connectivity index (χ4v) is 6.16. The average Bonchev–Trinajstić information content (AvgIpc) is 3.63. The second-order valence-corrected chi connectivity index (χ2v) is 9.67. The lowest BCUT2D eigenvalue weighted by atomic mass is 9.83. The van der Waals surface area contributed by atoms with Crippen molar-refractivity contribution in [2.24, 2.45) is 4.99 Å². The van der Waals surface area contributed by atoms with Crippen LogP contribution in [0.15, 0.2) is 47.7 Å². The lowest BCUT2D eigenvalue weighted by molar-refractivity contribution is -0.0284. The number of aromatic nitrogens is 1. The van der Waals surface area contributed by atoms with Gasteiger partial charge in [-0.3, -0.25) is 9.88 Å². The molecule has 39 heavy (non-hydrogen) atoms. The van der Waals surface area contributed by atoms with Gasteiger partial charge in [-0.15, -0.1) is 0 Å². The third-order valence-corrected chi connectivity index (χ3v) is 7.85. The Kier molecular flexibility index (Phi) is 7.10. The van der Waals surface area contributed by atoms with Crippen LogP contribution in [0.1, 0.15) is 46.0 Å². The molecule has 0 bridgehead atoms. The molecule has 0 spiro atoms. The smallest absolute Gasteiger partial charge is 0.231 e. The van der Waals surface area contributed by atoms with Crippen LogP contribution in [0.3, 0.4) is 0 Å². The first kappa shape index (κ1) is 25.6. The van der Waals surface area contributed by atoms with Crippen molar-refractivity contribution < 1.29 is 28.4 Å². The number of ether oxygens (including phenoxy) is 6. The Labute approximate surface area is 232 Å². The fraction of sp³-hybridized carbons (Fsp3) is 0.379. The van der Waals surface area contributed by atoms with Gasteiger partial charge in [0.1, 0.15) is 6.10 Å². The van der Waals surface area contributed by atoms with E-state index < -0.39 is 0 Å². The van der Waals surface area contributed by atoms with Crippen LogP contribution < -0.4 is 23.7 Å². The summed E-state index contributed by atoms with van der Waals surface area (Å²) in [7, 11) is 4.96. The number of rotatable bonds is 8. The van der Waals surface area contributed by atoms with Gasteiger partial charge in [0.05, 0.1) is 51.7 Å². The summed E-state index contributed by atoms with van der Waals surface area (Å²) in [4.78, 5) is 11.2. The number of pyridine rings is 1. The van der Waals surface area contributed by atoms with E-state index >= 15 is 0 Å². The maximum atomic E-state index is 6.61. The first-order valence-corrected chi connectivity index (χ1v) is 13.1. The number of hydrogen-bond donors (Lipinski definition) is 0. The highest BCUT2D eigenvalue weighted by Gasteiger charge is 2.46. The predicted octanol–water partition coefficient (Wildman–Crippen LogP) is 4.85. The van der Waals surface area contributed by atoms with Crippen molar-refractivity contribution in [3.05, 3.63) is 70.5 Å². The summed E-state index contributed by atoms with van der Waals surface area (Å²) in [6.45, 7) is 1.72. The summed E-state index contributed by atoms with van der Waals surface area (Å²) in [5.74, 6) is 3.34. The molecule has 3 atom stereocenters. The summed E-state index contributed by atoms with van der Waals surface area (Å²) in [5.41, 5.74) is 5.20. The molecule has 202 valence electrons. The molecule has 2 aromatic carbocycles. The van der Waals surface area contributed by atoms with Crippen molar-refractivity contribution in [3.63, 3.8) is 0 Å². The van der Waals surface area contributed by atoms with Crippen LogP contribution in [0.25, 0.3) is 0 Å². The Morgan fingerprint density at radius 3 is 2.77 bits per heavy atom. The molecule has 0 N–H and O–H groups in total. The highest BCUT2D eigenvalue weighted by atomic mass is 32.1. The van der Waals surface area contributed by atoms with Gasteiger partial charge in [-0.1, -0.05) is 12.1 Å². The zero-order valence-corrected chi connectivity index (χ0v) is 22.8. The molecule has 0 fully saturated rings. The number of aliphatic imine (C=N–C) groups is 1. The molecule has 0 aliphatic carbocycles. The van der Waals surface area contributed by atoms with Gasteiger partial charge in [-0.25, -0.2) is 4.99 Å². The Balaban J connectivity index is 1.55. The summed E-state index contributed by atoms with van der Waals surface area (Å²) in [6, 6.07) is 9.69. The summed E-state index contributed by atoms with van der Waals surface area (Å²) < 4.78 is 35.6. The number of hydrogen-bond acceptors (Lipinski definition) is 10. The number of isothiocyanates is 1. The SMILES string of the molecule is COc1ccc2c(c1OC)CO[C@@H]2[C@H]1c2c(cc3c(c2OC)OCO3)CCN1C(CN=C=S)c1cccnc1. The van der Waals surface area contributed by atoms with E-state index in [0.29, 0.717) is 41.9 Å². The fourth-order valence-electron chi connectivity index (χ4n) is 6.08. The van der Waals surface area contributed by atoms with Crippen LogP contribution >= 0.6 is 12.2 Å². The number of methoxy groups -OCH3 is 3. The number of nitrogens with zero attached hydrogens (tertiary/aromatic N) is 3. The van der Waals surface area contributed by atoms with Crippen molar-refractivity contribution in [2.75, 3.05) is 41.2 Å². The van der Waals surface area contributed by atoms with Gasteiger partial charge >= 0.3 is 0 Å². The van der Waals surface area contributed by atoms with Crippen molar-refractivity contribution in [1.29, 1.82) is 0 Å². The van der Waals surface area contributed by atoms with Crippen LogP contribution in [0.5, 0.6) is 28.7 Å². The summed E-state index contributed by atoms with van der Waals surface area (Å²) in [6.07, 6.45) is 4.10. The van der Waals surface area contributed by atoms with Gasteiger partial charge in [0.2, 0.25) is 12.5 Å². The van der Waals surface area contributed by atoms with Gasteiger partial charge in [-0.2, -0.15) is 0 Å². The lowest BCUT2D eigenvalue weighted by Gasteiger charge is -2.44. The number of fused-ring (bicyclic) bond motifs is 3. The molecule has 0 amide bonds. The van der Waals surface area contributed by atoms with Gasteiger partial charge < -0.3 is 28.4 Å². The van der Waals surface area contributed by atoms with E-state index in [2.05, 4.69) is 38.2 Å². The Hall–Kier alpha value is -3.69. The molecule has 6 rings (SSSR count). The summed E-state index contributed by atoms with van der Waals surface area (Å²) >= 11 is 4.97. The van der Waals surface area contributed by atoms with Gasteiger partial charge in [0.25, 0.3) is 0 Å². The number of thiocarbonyl (C=S) groups is 1. The molecule has 0 radical (unpaired) electrons. The molecular formula is C29H29N3O6S. The van der Waals surface area contributed by atoms with E-state index in [4.69, 9.17) is 40.6 Å². The lowest BCUT2D eigenvalue weighted by Crippen LogP contribution is -2.42. The molecule has 0 saturated heterocycles. The quantitative estimate of drug-likeness (QED) is 0.290. The topological polar surface area (TPSA) is 83.9 Å². The minimum atomic E-state index is -0.330. The van der Waals surface area contributed by atoms with E-state index in [1.54, 1.807) is 27.5 Å². The average molecular weight is 548 g/mol. The third-order valence-electron chi connectivity index (χ3n) is 7.72. The maximum Gasteiger partial charge on any atom is 0.231 e. The number of benzene rings is 2. The monoisotopic (exact) mass is 547 g/mol. The Morgan fingerprint density at radius 2 is 2.03 bits per heavy atom. The van der Waals surface area contributed by atoms with Crippen LogP contribution in [-0.4, -0.2) is 56.3 Å². The van der Waals surface area contributed by atoms with E-state index in [1.165, 1.54) is 0 Å². The zero-order valence-electron chi connectivity index (χ0n) is 22.0. The van der Waals surface area contributed by atoms with Gasteiger partial charge in [0, 0.05) is 30.1 Å². The molecule has 3 aliphatic rings. The van der Waals surface area contributed by atoms with Crippen molar-refractivity contribution in [3.8, 4) is 28.7 Å². The Bertz CT molecular complexity index is 1430. The van der Waals surface area contributed by atoms with Gasteiger partial charge in [0.15, 0.2) is 23.0 Å². The van der Waals surface area contributed by atoms with Crippen molar-refractivity contribution >= 4 is 17.4 Å². The molecule has 4 heterocycles. The highest BCUT2D eigenvalue weighted by Crippen LogP contribution is 2.57. The maximum absolute atomic E-state index is 6.61. The van der Waals surface area contributed by atoms with Crippen molar-refractivity contribution in [1.82, 2.24) is 9.88 Å². The van der Waals surface area contributed by atoms with Crippen LogP contribution in [0, 0.1) is 0 Å². The first-order valence-electron chi connectivity index (χ1n) is 12.7. The summed E-state index contributed by atoms with van der Waals surface area (Å²) in [5, 5.41) is 2.55. The molecule has 3 aliphatic heterocycles. The predicted molar refractivity (Wildman–Crippen MR) is 146 cm³/mol. The zero-order chi connectivity index (χ0) is 26.9. The minimum Gasteiger partial charge on any atom is -0.493 e. The third kappa shape index (κ3) is 4.30. The van der Waals surface area contributed by atoms with E-state index in [1.807, 2.05) is 18.3 Å². The Morgan fingerprint density at radius 1 is 1.15 bits per heavy atom. The van der Waals surface area contributed by atoms with E-state index in [9.17, 15) is 0 Å². The molecule has 1 unspecified atom stereocenters. The molecule has 9 nitrogen and oxygen atoms in total.